The molecular weight excluding hydrogens is 569 g/mol. The van der Waals surface area contributed by atoms with Crippen molar-refractivity contribution in [3.05, 3.63) is 107 Å². The molecule has 1 unspecified atom stereocenters. The van der Waals surface area contributed by atoms with E-state index in [1.165, 1.54) is 23.1 Å². The highest BCUT2D eigenvalue weighted by Gasteiger charge is 2.20. The zero-order valence-electron chi connectivity index (χ0n) is 23.5. The van der Waals surface area contributed by atoms with Crippen LogP contribution in [0, 0.1) is 6.92 Å². The molecule has 0 spiro atoms. The minimum Gasteiger partial charge on any atom is -0.494 e. The Morgan fingerprint density at radius 1 is 0.976 bits per heavy atom. The van der Waals surface area contributed by atoms with E-state index in [9.17, 15) is 14.4 Å². The van der Waals surface area contributed by atoms with E-state index in [1.807, 2.05) is 56.5 Å². The summed E-state index contributed by atoms with van der Waals surface area (Å²) in [6.07, 6.45) is 2.22. The van der Waals surface area contributed by atoms with E-state index < -0.39 is 11.8 Å². The van der Waals surface area contributed by atoms with Crippen LogP contribution < -0.4 is 20.7 Å². The van der Waals surface area contributed by atoms with Crippen molar-refractivity contribution in [1.29, 1.82) is 0 Å². The Labute approximate surface area is 253 Å². The molecule has 216 valence electrons. The number of rotatable bonds is 12. The van der Waals surface area contributed by atoms with Gasteiger partial charge < -0.3 is 20.7 Å². The van der Waals surface area contributed by atoms with Crippen molar-refractivity contribution in [1.82, 2.24) is 10.3 Å². The van der Waals surface area contributed by atoms with Gasteiger partial charge in [-0.2, -0.15) is 0 Å². The van der Waals surface area contributed by atoms with Gasteiger partial charge in [-0.05, 0) is 74.4 Å². The van der Waals surface area contributed by atoms with E-state index in [2.05, 4.69) is 20.9 Å². The van der Waals surface area contributed by atoms with Gasteiger partial charge in [0.25, 0.3) is 11.8 Å². The van der Waals surface area contributed by atoms with E-state index in [1.54, 1.807) is 54.6 Å². The van der Waals surface area contributed by atoms with Gasteiger partial charge in [0.1, 0.15) is 11.4 Å². The van der Waals surface area contributed by atoms with Gasteiger partial charge in [-0.1, -0.05) is 43.3 Å². The fourth-order valence-corrected chi connectivity index (χ4v) is 5.57. The van der Waals surface area contributed by atoms with Gasteiger partial charge in [0.05, 0.1) is 17.6 Å². The first-order valence-corrected chi connectivity index (χ1v) is 15.2. The van der Waals surface area contributed by atoms with Gasteiger partial charge in [0, 0.05) is 21.5 Å². The average Bonchev–Trinajstić information content (AvgIpc) is 3.41. The quantitative estimate of drug-likeness (QED) is 0.122. The molecule has 3 amide bonds. The summed E-state index contributed by atoms with van der Waals surface area (Å²) >= 11 is 2.79. The van der Waals surface area contributed by atoms with Gasteiger partial charge in [-0.25, -0.2) is 4.98 Å². The van der Waals surface area contributed by atoms with E-state index in [-0.39, 0.29) is 16.9 Å². The third kappa shape index (κ3) is 8.79. The standard InChI is InChI=1S/C32H32N4O4S2/c1-4-28(31(39)36-32-33-21(3)20-41-32)42-26-13-9-12-24(19-26)34-30(38)27(35-29(37)23-10-7-6-8-11-23)18-22-14-16-25(17-15-22)40-5-2/h6-20,28H,4-5H2,1-3H3,(H,34,38)(H,35,37)(H,33,36,39)/b27-18+. The molecule has 4 rings (SSSR count). The number of hydrogen-bond acceptors (Lipinski definition) is 7. The molecule has 3 N–H and O–H groups in total. The third-order valence-corrected chi connectivity index (χ3v) is 8.15. The van der Waals surface area contributed by atoms with E-state index >= 15 is 0 Å². The number of aryl methyl sites for hydroxylation is 1. The number of nitrogens with one attached hydrogen (secondary N) is 3. The first-order valence-electron chi connectivity index (χ1n) is 13.5. The normalized spacial score (nSPS) is 11.8. The summed E-state index contributed by atoms with van der Waals surface area (Å²) < 4.78 is 5.51. The lowest BCUT2D eigenvalue weighted by atomic mass is 10.1. The van der Waals surface area contributed by atoms with Crippen molar-refractivity contribution < 1.29 is 19.1 Å². The van der Waals surface area contributed by atoms with Crippen molar-refractivity contribution in [3.63, 3.8) is 0 Å². The Morgan fingerprint density at radius 3 is 2.40 bits per heavy atom. The molecule has 0 saturated heterocycles. The Hall–Kier alpha value is -4.41. The molecule has 10 heteroatoms. The highest BCUT2D eigenvalue weighted by Crippen LogP contribution is 2.29. The van der Waals surface area contributed by atoms with Crippen LogP contribution in [-0.4, -0.2) is 34.6 Å². The number of ether oxygens (including phenoxy) is 1. The fourth-order valence-electron chi connectivity index (χ4n) is 3.87. The van der Waals surface area contributed by atoms with Gasteiger partial charge in [0.15, 0.2) is 5.13 Å². The van der Waals surface area contributed by atoms with Crippen LogP contribution in [0.1, 0.15) is 41.9 Å². The molecule has 0 aliphatic rings. The lowest BCUT2D eigenvalue weighted by molar-refractivity contribution is -0.116. The van der Waals surface area contributed by atoms with Crippen LogP contribution in [0.3, 0.4) is 0 Å². The topological polar surface area (TPSA) is 109 Å². The summed E-state index contributed by atoms with van der Waals surface area (Å²) in [6, 6.07) is 23.2. The SMILES string of the molecule is CCOc1ccc(/C=C(/NC(=O)c2ccccc2)C(=O)Nc2cccc(SC(CC)C(=O)Nc3nc(C)cs3)c2)cc1. The molecule has 3 aromatic carbocycles. The molecule has 42 heavy (non-hydrogen) atoms. The summed E-state index contributed by atoms with van der Waals surface area (Å²) in [6.45, 7) is 6.28. The maximum atomic E-state index is 13.5. The summed E-state index contributed by atoms with van der Waals surface area (Å²) in [5.41, 5.74) is 2.61. The minimum absolute atomic E-state index is 0.0793. The van der Waals surface area contributed by atoms with E-state index in [0.717, 1.165) is 10.6 Å². The summed E-state index contributed by atoms with van der Waals surface area (Å²) in [5, 5.41) is 10.6. The minimum atomic E-state index is -0.487. The largest absolute Gasteiger partial charge is 0.494 e. The molecule has 1 heterocycles. The maximum absolute atomic E-state index is 13.5. The number of aromatic nitrogens is 1. The first kappa shape index (κ1) is 30.5. The lowest BCUT2D eigenvalue weighted by Gasteiger charge is -2.15. The number of amides is 3. The van der Waals surface area contributed by atoms with Crippen LogP contribution in [0.4, 0.5) is 10.8 Å². The van der Waals surface area contributed by atoms with Crippen molar-refractivity contribution >= 4 is 57.7 Å². The van der Waals surface area contributed by atoms with Gasteiger partial charge >= 0.3 is 0 Å². The number of anilines is 2. The monoisotopic (exact) mass is 600 g/mol. The second-order valence-electron chi connectivity index (χ2n) is 9.16. The van der Waals surface area contributed by atoms with E-state index in [4.69, 9.17) is 4.74 Å². The average molecular weight is 601 g/mol. The fraction of sp³-hybridized carbons (Fsp3) is 0.188. The predicted molar refractivity (Wildman–Crippen MR) is 170 cm³/mol. The molecule has 4 aromatic rings. The zero-order valence-corrected chi connectivity index (χ0v) is 25.2. The molecule has 0 bridgehead atoms. The van der Waals surface area contributed by atoms with Crippen LogP contribution in [0.15, 0.2) is 94.8 Å². The second kappa shape index (κ2) is 15.0. The summed E-state index contributed by atoms with van der Waals surface area (Å²) in [5.74, 6) is -0.307. The van der Waals surface area contributed by atoms with E-state index in [0.29, 0.717) is 40.7 Å². The number of hydrogen-bond donors (Lipinski definition) is 3. The van der Waals surface area contributed by atoms with Crippen molar-refractivity contribution in [2.75, 3.05) is 17.2 Å². The van der Waals surface area contributed by atoms with Crippen LogP contribution in [0.2, 0.25) is 0 Å². The molecular formula is C32H32N4O4S2. The number of thioether (sulfide) groups is 1. The Balaban J connectivity index is 1.50. The smallest absolute Gasteiger partial charge is 0.272 e. The molecule has 1 atom stereocenters. The molecule has 0 radical (unpaired) electrons. The zero-order chi connectivity index (χ0) is 29.9. The Kier molecular flexibility index (Phi) is 10.9. The highest BCUT2D eigenvalue weighted by atomic mass is 32.2. The summed E-state index contributed by atoms with van der Waals surface area (Å²) in [7, 11) is 0. The Bertz CT molecular complexity index is 1550. The van der Waals surface area contributed by atoms with Crippen LogP contribution in [0.25, 0.3) is 6.08 Å². The first-order chi connectivity index (χ1) is 20.3. The third-order valence-electron chi connectivity index (χ3n) is 5.91. The van der Waals surface area contributed by atoms with Crippen molar-refractivity contribution in [3.8, 4) is 5.75 Å². The lowest BCUT2D eigenvalue weighted by Crippen LogP contribution is -2.30. The number of thiazole rings is 1. The van der Waals surface area contributed by atoms with Crippen LogP contribution in [-0.2, 0) is 9.59 Å². The van der Waals surface area contributed by atoms with Crippen LogP contribution >= 0.6 is 23.1 Å². The molecule has 0 aliphatic carbocycles. The van der Waals surface area contributed by atoms with Crippen LogP contribution in [0.5, 0.6) is 5.75 Å². The molecule has 0 fully saturated rings. The predicted octanol–water partition coefficient (Wildman–Crippen LogP) is 6.77. The molecule has 1 aromatic heterocycles. The second-order valence-corrected chi connectivity index (χ2v) is 11.3. The maximum Gasteiger partial charge on any atom is 0.272 e. The van der Waals surface area contributed by atoms with Gasteiger partial charge in [-0.15, -0.1) is 23.1 Å². The number of nitrogens with zero attached hydrogens (tertiary/aromatic N) is 1. The summed E-state index contributed by atoms with van der Waals surface area (Å²) in [4.78, 5) is 44.4. The molecule has 0 aliphatic heterocycles. The number of carbonyl (C=O) groups excluding carboxylic acids is 3. The number of benzene rings is 3. The molecule has 0 saturated carbocycles. The van der Waals surface area contributed by atoms with Crippen molar-refractivity contribution in [2.24, 2.45) is 0 Å². The highest BCUT2D eigenvalue weighted by molar-refractivity contribution is 8.00. The molecule has 8 nitrogen and oxygen atoms in total. The number of carbonyl (C=O) groups is 3. The van der Waals surface area contributed by atoms with Gasteiger partial charge in [-0.3, -0.25) is 14.4 Å². The van der Waals surface area contributed by atoms with Crippen molar-refractivity contribution in [2.45, 2.75) is 37.3 Å². The van der Waals surface area contributed by atoms with Gasteiger partial charge in [0.2, 0.25) is 5.91 Å². The Morgan fingerprint density at radius 2 is 1.74 bits per heavy atom.